The summed E-state index contributed by atoms with van der Waals surface area (Å²) >= 11 is 6.07. The van der Waals surface area contributed by atoms with Gasteiger partial charge in [0.2, 0.25) is 0 Å². The summed E-state index contributed by atoms with van der Waals surface area (Å²) in [6, 6.07) is 29.7. The van der Waals surface area contributed by atoms with Crippen LogP contribution in [-0.2, 0) is 0 Å². The van der Waals surface area contributed by atoms with E-state index in [1.165, 1.54) is 29.3 Å². The van der Waals surface area contributed by atoms with Crippen molar-refractivity contribution in [3.05, 3.63) is 129 Å². The summed E-state index contributed by atoms with van der Waals surface area (Å²) in [5.41, 5.74) is 7.58. The molecule has 0 radical (unpaired) electrons. The molecular weight excluding hydrogens is 492 g/mol. The zero-order valence-corrected chi connectivity index (χ0v) is 20.2. The molecule has 0 aliphatic carbocycles. The van der Waals surface area contributed by atoms with Gasteiger partial charge in [-0.25, -0.2) is 9.80 Å². The van der Waals surface area contributed by atoms with Crippen LogP contribution in [0.25, 0.3) is 11.3 Å². The van der Waals surface area contributed by atoms with Crippen molar-refractivity contribution in [1.82, 2.24) is 10.4 Å². The standard InChI is InChI=1S/C28H21ClN4O4/c29-21-8-6-20(7-9-21)27-26(19-4-2-1-3-5-19)18-32(31-27)28(34)30-22-10-14-24(15-11-22)37-25-16-12-23(13-17-25)33(35)36/h1-17,31H,18H2,(H,30,34). The highest BCUT2D eigenvalue weighted by Crippen LogP contribution is 2.31. The number of hydrogen-bond acceptors (Lipinski definition) is 5. The molecule has 1 heterocycles. The van der Waals surface area contributed by atoms with Gasteiger partial charge in [-0.1, -0.05) is 54.1 Å². The minimum Gasteiger partial charge on any atom is -0.457 e. The van der Waals surface area contributed by atoms with Gasteiger partial charge in [-0.2, -0.15) is 0 Å². The summed E-state index contributed by atoms with van der Waals surface area (Å²) in [5, 5.41) is 15.9. The Morgan fingerprint density at radius 3 is 2.11 bits per heavy atom. The van der Waals surface area contributed by atoms with Gasteiger partial charge in [0.1, 0.15) is 11.5 Å². The number of amides is 2. The quantitative estimate of drug-likeness (QED) is 0.215. The minimum atomic E-state index is -0.465. The van der Waals surface area contributed by atoms with Crippen molar-refractivity contribution in [2.45, 2.75) is 0 Å². The molecule has 8 nitrogen and oxygen atoms in total. The maximum Gasteiger partial charge on any atom is 0.340 e. The van der Waals surface area contributed by atoms with Crippen molar-refractivity contribution in [2.24, 2.45) is 0 Å². The van der Waals surface area contributed by atoms with Gasteiger partial charge < -0.3 is 10.1 Å². The molecule has 0 saturated carbocycles. The fraction of sp³-hybridized carbons (Fsp3) is 0.0357. The average molecular weight is 513 g/mol. The molecule has 0 unspecified atom stereocenters. The van der Waals surface area contributed by atoms with Gasteiger partial charge in [0, 0.05) is 28.4 Å². The number of nitro groups is 1. The smallest absolute Gasteiger partial charge is 0.340 e. The molecule has 2 amide bonds. The number of carbonyl (C=O) groups is 1. The summed E-state index contributed by atoms with van der Waals surface area (Å²) < 4.78 is 5.73. The van der Waals surface area contributed by atoms with Crippen molar-refractivity contribution >= 4 is 40.3 Å². The van der Waals surface area contributed by atoms with E-state index in [2.05, 4.69) is 10.7 Å². The minimum absolute atomic E-state index is 0.00920. The molecule has 1 aliphatic rings. The van der Waals surface area contributed by atoms with Crippen LogP contribution in [0.1, 0.15) is 11.1 Å². The van der Waals surface area contributed by atoms with Gasteiger partial charge in [-0.3, -0.25) is 15.5 Å². The maximum atomic E-state index is 13.1. The highest BCUT2D eigenvalue weighted by molar-refractivity contribution is 6.30. The number of ether oxygens (including phenoxy) is 1. The zero-order chi connectivity index (χ0) is 25.8. The van der Waals surface area contributed by atoms with Crippen molar-refractivity contribution < 1.29 is 14.5 Å². The fourth-order valence-electron chi connectivity index (χ4n) is 3.90. The first-order chi connectivity index (χ1) is 18.0. The molecule has 0 fully saturated rings. The number of rotatable bonds is 6. The molecule has 184 valence electrons. The third kappa shape index (κ3) is 5.55. The van der Waals surface area contributed by atoms with E-state index in [1.807, 2.05) is 54.6 Å². The monoisotopic (exact) mass is 512 g/mol. The predicted octanol–water partition coefficient (Wildman–Crippen LogP) is 6.96. The maximum absolute atomic E-state index is 13.1. The SMILES string of the molecule is O=C(Nc1ccc(Oc2ccc([N+](=O)[O-])cc2)cc1)N1CC(c2ccccc2)=C(c2ccc(Cl)cc2)N1. The molecule has 0 atom stereocenters. The Bertz CT molecular complexity index is 1460. The Morgan fingerprint density at radius 2 is 1.49 bits per heavy atom. The summed E-state index contributed by atoms with van der Waals surface area (Å²) in [6.45, 7) is 0.370. The van der Waals surface area contributed by atoms with Crippen molar-refractivity contribution in [3.63, 3.8) is 0 Å². The molecule has 4 aromatic carbocycles. The Hall–Kier alpha value is -4.82. The molecule has 9 heteroatoms. The number of non-ortho nitro benzene ring substituents is 1. The van der Waals surface area contributed by atoms with E-state index >= 15 is 0 Å². The molecule has 1 aliphatic heterocycles. The highest BCUT2D eigenvalue weighted by Gasteiger charge is 2.27. The molecule has 5 rings (SSSR count). The van der Waals surface area contributed by atoms with Crippen LogP contribution in [0.4, 0.5) is 16.2 Å². The number of carbonyl (C=O) groups excluding carboxylic acids is 1. The number of hydrazine groups is 1. The van der Waals surface area contributed by atoms with E-state index in [1.54, 1.807) is 24.3 Å². The van der Waals surface area contributed by atoms with Gasteiger partial charge in [0.15, 0.2) is 0 Å². The molecule has 0 saturated heterocycles. The van der Waals surface area contributed by atoms with Crippen LogP contribution in [0.15, 0.2) is 103 Å². The summed E-state index contributed by atoms with van der Waals surface area (Å²) in [6.07, 6.45) is 0. The van der Waals surface area contributed by atoms with Gasteiger partial charge in [-0.15, -0.1) is 0 Å². The van der Waals surface area contributed by atoms with E-state index in [0.717, 1.165) is 22.4 Å². The van der Waals surface area contributed by atoms with Crippen LogP contribution < -0.4 is 15.5 Å². The van der Waals surface area contributed by atoms with Crippen molar-refractivity contribution in [3.8, 4) is 11.5 Å². The Balaban J connectivity index is 1.27. The van der Waals surface area contributed by atoms with Crippen LogP contribution >= 0.6 is 11.6 Å². The Kier molecular flexibility index (Phi) is 6.74. The van der Waals surface area contributed by atoms with Gasteiger partial charge >= 0.3 is 6.03 Å². The van der Waals surface area contributed by atoms with E-state index in [9.17, 15) is 14.9 Å². The first kappa shape index (κ1) is 23.9. The number of urea groups is 1. The molecular formula is C28H21ClN4O4. The zero-order valence-electron chi connectivity index (χ0n) is 19.4. The number of halogens is 1. The topological polar surface area (TPSA) is 96.7 Å². The second-order valence-corrected chi connectivity index (χ2v) is 8.67. The van der Waals surface area contributed by atoms with Crippen molar-refractivity contribution in [2.75, 3.05) is 11.9 Å². The number of nitro benzene ring substituents is 1. The predicted molar refractivity (Wildman–Crippen MR) is 143 cm³/mol. The number of anilines is 1. The number of nitrogens with one attached hydrogen (secondary N) is 2. The Morgan fingerprint density at radius 1 is 0.865 bits per heavy atom. The molecule has 0 aromatic heterocycles. The lowest BCUT2D eigenvalue weighted by molar-refractivity contribution is -0.384. The number of hydrogen-bond donors (Lipinski definition) is 2. The van der Waals surface area contributed by atoms with Gasteiger partial charge in [-0.05, 0) is 59.7 Å². The van der Waals surface area contributed by atoms with Crippen LogP contribution in [0.2, 0.25) is 5.02 Å². The first-order valence-electron chi connectivity index (χ1n) is 11.4. The van der Waals surface area contributed by atoms with E-state index < -0.39 is 4.92 Å². The summed E-state index contributed by atoms with van der Waals surface area (Å²) in [7, 11) is 0. The lowest BCUT2D eigenvalue weighted by Gasteiger charge is -2.19. The van der Waals surface area contributed by atoms with Crippen LogP contribution in [0.5, 0.6) is 11.5 Å². The molecule has 4 aromatic rings. The molecule has 37 heavy (non-hydrogen) atoms. The lowest BCUT2D eigenvalue weighted by atomic mass is 10.0. The second-order valence-electron chi connectivity index (χ2n) is 8.23. The van der Waals surface area contributed by atoms with Gasteiger partial charge in [0.25, 0.3) is 5.69 Å². The van der Waals surface area contributed by atoms with E-state index in [0.29, 0.717) is 28.8 Å². The Labute approximate surface area is 217 Å². The average Bonchev–Trinajstić information content (AvgIpc) is 3.37. The molecule has 2 N–H and O–H groups in total. The number of benzene rings is 4. The third-order valence-corrected chi connectivity index (χ3v) is 6.01. The van der Waals surface area contributed by atoms with Crippen LogP contribution in [0, 0.1) is 10.1 Å². The van der Waals surface area contributed by atoms with E-state index in [-0.39, 0.29) is 11.7 Å². The highest BCUT2D eigenvalue weighted by atomic mass is 35.5. The van der Waals surface area contributed by atoms with E-state index in [4.69, 9.17) is 16.3 Å². The van der Waals surface area contributed by atoms with Crippen molar-refractivity contribution in [1.29, 1.82) is 0 Å². The largest absolute Gasteiger partial charge is 0.457 e. The van der Waals surface area contributed by atoms with Crippen LogP contribution in [0.3, 0.4) is 0 Å². The fourth-order valence-corrected chi connectivity index (χ4v) is 4.03. The summed E-state index contributed by atoms with van der Waals surface area (Å²) in [4.78, 5) is 23.4. The third-order valence-electron chi connectivity index (χ3n) is 5.75. The first-order valence-corrected chi connectivity index (χ1v) is 11.8. The second kappa shape index (κ2) is 10.4. The van der Waals surface area contributed by atoms with Crippen LogP contribution in [-0.4, -0.2) is 22.5 Å². The summed E-state index contributed by atoms with van der Waals surface area (Å²) in [5.74, 6) is 1.00. The number of nitrogens with zero attached hydrogens (tertiary/aromatic N) is 2. The normalized spacial score (nSPS) is 12.7. The lowest BCUT2D eigenvalue weighted by Crippen LogP contribution is -2.40. The molecule has 0 spiro atoms. The molecule has 0 bridgehead atoms. The van der Waals surface area contributed by atoms with Gasteiger partial charge in [0.05, 0.1) is 17.2 Å².